The minimum atomic E-state index is -0.610. The summed E-state index contributed by atoms with van der Waals surface area (Å²) >= 11 is 0. The average molecular weight is 535 g/mol. The van der Waals surface area contributed by atoms with Gasteiger partial charge in [-0.3, -0.25) is 9.80 Å². The second-order valence-corrected chi connectivity index (χ2v) is 10.2. The Bertz CT molecular complexity index is 916. The Kier molecular flexibility index (Phi) is 13.7. The van der Waals surface area contributed by atoms with Gasteiger partial charge in [-0.1, -0.05) is 62.4 Å². The number of aliphatic hydroxyl groups is 2. The van der Waals surface area contributed by atoms with E-state index in [0.717, 1.165) is 22.6 Å². The van der Waals surface area contributed by atoms with E-state index in [0.29, 0.717) is 39.3 Å². The summed E-state index contributed by atoms with van der Waals surface area (Å²) in [6.07, 6.45) is 6.03. The SMILES string of the molecule is C=CCN(CC=C)CC(O)COc1ccc(C(C)(C)c2ccc(OCC(O)CN(CC=C)CC=C)cc2)cc1. The summed E-state index contributed by atoms with van der Waals surface area (Å²) in [5, 5.41) is 20.7. The Morgan fingerprint density at radius 3 is 1.23 bits per heavy atom. The summed E-state index contributed by atoms with van der Waals surface area (Å²) in [6, 6.07) is 16.0. The number of nitrogens with zero attached hydrogens (tertiary/aromatic N) is 2. The molecule has 2 aromatic rings. The minimum absolute atomic E-state index is 0.213. The van der Waals surface area contributed by atoms with E-state index in [1.807, 2.05) is 48.6 Å². The Morgan fingerprint density at radius 2 is 0.949 bits per heavy atom. The normalized spacial score (nSPS) is 13.1. The van der Waals surface area contributed by atoms with Gasteiger partial charge in [-0.25, -0.2) is 0 Å². The molecule has 0 saturated carbocycles. The molecule has 0 aliphatic rings. The lowest BCUT2D eigenvalue weighted by Crippen LogP contribution is -2.35. The van der Waals surface area contributed by atoms with E-state index in [4.69, 9.17) is 9.47 Å². The van der Waals surface area contributed by atoms with E-state index in [1.165, 1.54) is 0 Å². The van der Waals surface area contributed by atoms with Gasteiger partial charge in [-0.2, -0.15) is 0 Å². The number of hydrogen-bond donors (Lipinski definition) is 2. The van der Waals surface area contributed by atoms with Gasteiger partial charge in [0.15, 0.2) is 0 Å². The van der Waals surface area contributed by atoms with Gasteiger partial charge in [0.1, 0.15) is 36.9 Å². The van der Waals surface area contributed by atoms with E-state index in [1.54, 1.807) is 0 Å². The zero-order valence-corrected chi connectivity index (χ0v) is 23.7. The second-order valence-electron chi connectivity index (χ2n) is 10.2. The molecule has 2 atom stereocenters. The maximum atomic E-state index is 10.4. The number of hydrogen-bond acceptors (Lipinski definition) is 6. The third-order valence-corrected chi connectivity index (χ3v) is 6.52. The lowest BCUT2D eigenvalue weighted by molar-refractivity contribution is 0.0754. The van der Waals surface area contributed by atoms with Crippen molar-refractivity contribution in [3.8, 4) is 11.5 Å². The predicted octanol–water partition coefficient (Wildman–Crippen LogP) is 4.84. The Labute approximate surface area is 235 Å². The Morgan fingerprint density at radius 1 is 0.641 bits per heavy atom. The van der Waals surface area contributed by atoms with Gasteiger partial charge in [0.25, 0.3) is 0 Å². The highest BCUT2D eigenvalue weighted by molar-refractivity contribution is 5.41. The highest BCUT2D eigenvalue weighted by Crippen LogP contribution is 2.33. The zero-order chi connectivity index (χ0) is 28.7. The van der Waals surface area contributed by atoms with E-state index in [-0.39, 0.29) is 18.6 Å². The van der Waals surface area contributed by atoms with Crippen LogP contribution >= 0.6 is 0 Å². The fourth-order valence-electron chi connectivity index (χ4n) is 4.37. The maximum absolute atomic E-state index is 10.4. The van der Waals surface area contributed by atoms with Gasteiger partial charge in [0.05, 0.1) is 0 Å². The lowest BCUT2D eigenvalue weighted by Gasteiger charge is -2.27. The van der Waals surface area contributed by atoms with Crippen LogP contribution in [0.1, 0.15) is 25.0 Å². The summed E-state index contributed by atoms with van der Waals surface area (Å²) in [4.78, 5) is 4.11. The summed E-state index contributed by atoms with van der Waals surface area (Å²) in [7, 11) is 0. The van der Waals surface area contributed by atoms with E-state index >= 15 is 0 Å². The van der Waals surface area contributed by atoms with Crippen LogP contribution in [0.5, 0.6) is 11.5 Å². The third kappa shape index (κ3) is 10.9. The van der Waals surface area contributed by atoms with Gasteiger partial charge in [0.2, 0.25) is 0 Å². The fraction of sp³-hybridized carbons (Fsp3) is 0.394. The molecule has 0 heterocycles. The van der Waals surface area contributed by atoms with Gasteiger partial charge in [-0.15, -0.1) is 26.3 Å². The van der Waals surface area contributed by atoms with Crippen LogP contribution < -0.4 is 9.47 Å². The first kappa shape index (κ1) is 32.1. The molecule has 2 unspecified atom stereocenters. The first-order valence-electron chi connectivity index (χ1n) is 13.4. The van der Waals surface area contributed by atoms with Crippen molar-refractivity contribution in [1.29, 1.82) is 0 Å². The summed E-state index contributed by atoms with van der Waals surface area (Å²) in [6.45, 7) is 23.5. The van der Waals surface area contributed by atoms with Crippen molar-refractivity contribution in [3.05, 3.63) is 110 Å². The number of rotatable bonds is 20. The number of ether oxygens (including phenoxy) is 2. The van der Waals surface area contributed by atoms with E-state index < -0.39 is 12.2 Å². The van der Waals surface area contributed by atoms with Crippen molar-refractivity contribution in [2.24, 2.45) is 0 Å². The molecule has 0 radical (unpaired) electrons. The first-order chi connectivity index (χ1) is 18.7. The molecular formula is C33H46N2O4. The highest BCUT2D eigenvalue weighted by Gasteiger charge is 2.23. The monoisotopic (exact) mass is 534 g/mol. The van der Waals surface area contributed by atoms with E-state index in [2.05, 4.69) is 74.2 Å². The summed E-state index contributed by atoms with van der Waals surface area (Å²) in [5.41, 5.74) is 2.06. The van der Waals surface area contributed by atoms with Gasteiger partial charge < -0.3 is 19.7 Å². The lowest BCUT2D eigenvalue weighted by atomic mass is 9.78. The van der Waals surface area contributed by atoms with Crippen LogP contribution in [0, 0.1) is 0 Å². The molecule has 0 aliphatic carbocycles. The molecule has 0 spiro atoms. The summed E-state index contributed by atoms with van der Waals surface area (Å²) < 4.78 is 11.7. The molecule has 0 fully saturated rings. The molecular weight excluding hydrogens is 488 g/mol. The van der Waals surface area contributed by atoms with Gasteiger partial charge in [-0.05, 0) is 35.4 Å². The van der Waals surface area contributed by atoms with Gasteiger partial charge in [0, 0.05) is 44.7 Å². The molecule has 0 bridgehead atoms. The molecule has 212 valence electrons. The van der Waals surface area contributed by atoms with Crippen LogP contribution in [0.25, 0.3) is 0 Å². The molecule has 2 aromatic carbocycles. The van der Waals surface area contributed by atoms with Crippen LogP contribution in [-0.4, -0.2) is 84.7 Å². The van der Waals surface area contributed by atoms with Crippen molar-refractivity contribution in [2.75, 3.05) is 52.5 Å². The van der Waals surface area contributed by atoms with Gasteiger partial charge >= 0.3 is 0 Å². The molecule has 6 nitrogen and oxygen atoms in total. The molecule has 0 aliphatic heterocycles. The van der Waals surface area contributed by atoms with Crippen molar-refractivity contribution in [1.82, 2.24) is 9.80 Å². The smallest absolute Gasteiger partial charge is 0.119 e. The maximum Gasteiger partial charge on any atom is 0.119 e. The number of benzene rings is 2. The van der Waals surface area contributed by atoms with Crippen LogP contribution in [-0.2, 0) is 5.41 Å². The first-order valence-corrected chi connectivity index (χ1v) is 13.4. The molecule has 39 heavy (non-hydrogen) atoms. The van der Waals surface area contributed by atoms with Crippen molar-refractivity contribution >= 4 is 0 Å². The molecule has 0 aromatic heterocycles. The fourth-order valence-corrected chi connectivity index (χ4v) is 4.37. The molecule has 2 rings (SSSR count). The van der Waals surface area contributed by atoms with Crippen LogP contribution in [0.15, 0.2) is 99.2 Å². The standard InChI is InChI=1S/C33H46N2O4/c1-7-19-34(20-8-2)23-29(36)25-38-31-15-11-27(12-16-31)33(5,6)28-13-17-32(18-14-28)39-26-30(37)24-35(21-9-3)22-10-4/h7-18,29-30,36-37H,1-4,19-26H2,5-6H3. The molecule has 0 saturated heterocycles. The zero-order valence-electron chi connectivity index (χ0n) is 23.7. The predicted molar refractivity (Wildman–Crippen MR) is 162 cm³/mol. The van der Waals surface area contributed by atoms with Crippen LogP contribution in [0.2, 0.25) is 0 Å². The van der Waals surface area contributed by atoms with Crippen LogP contribution in [0.3, 0.4) is 0 Å². The van der Waals surface area contributed by atoms with Crippen molar-refractivity contribution in [2.45, 2.75) is 31.5 Å². The van der Waals surface area contributed by atoms with Crippen molar-refractivity contribution < 1.29 is 19.7 Å². The third-order valence-electron chi connectivity index (χ3n) is 6.52. The molecule has 6 heteroatoms. The Hall–Kier alpha value is -3.16. The number of aliphatic hydroxyl groups excluding tert-OH is 2. The largest absolute Gasteiger partial charge is 0.491 e. The highest BCUT2D eigenvalue weighted by atomic mass is 16.5. The topological polar surface area (TPSA) is 65.4 Å². The summed E-state index contributed by atoms with van der Waals surface area (Å²) in [5.74, 6) is 1.43. The quantitative estimate of drug-likeness (QED) is 0.237. The molecule has 0 amide bonds. The Balaban J connectivity index is 1.91. The minimum Gasteiger partial charge on any atom is -0.491 e. The second kappa shape index (κ2) is 16.7. The van der Waals surface area contributed by atoms with Crippen molar-refractivity contribution in [3.63, 3.8) is 0 Å². The van der Waals surface area contributed by atoms with Crippen LogP contribution in [0.4, 0.5) is 0 Å². The van der Waals surface area contributed by atoms with E-state index in [9.17, 15) is 10.2 Å². The average Bonchev–Trinajstić information content (AvgIpc) is 2.92. The molecule has 2 N–H and O–H groups in total.